The summed E-state index contributed by atoms with van der Waals surface area (Å²) in [6.45, 7) is 6.72. The highest BCUT2D eigenvalue weighted by molar-refractivity contribution is 8.14. The molecule has 0 radical (unpaired) electrons. The first-order valence-corrected chi connectivity index (χ1v) is 7.08. The average Bonchev–Trinajstić information content (AvgIpc) is 2.94. The van der Waals surface area contributed by atoms with Gasteiger partial charge in [-0.15, -0.1) is 0 Å². The van der Waals surface area contributed by atoms with Crippen LogP contribution in [0.4, 0.5) is 0 Å². The van der Waals surface area contributed by atoms with Gasteiger partial charge in [-0.05, 0) is 37.5 Å². The van der Waals surface area contributed by atoms with Crippen LogP contribution in [0, 0.1) is 11.8 Å². The lowest BCUT2D eigenvalue weighted by Crippen LogP contribution is -2.21. The molecule has 0 spiro atoms. The maximum absolute atomic E-state index is 4.56. The Hall–Kier alpha value is -0.180. The maximum atomic E-state index is 4.56. The SMILES string of the molecule is CC(C)CCCNC1=NCC(C2CC2)S1. The molecule has 1 unspecified atom stereocenters. The summed E-state index contributed by atoms with van der Waals surface area (Å²) >= 11 is 1.98. The molecule has 1 heterocycles. The van der Waals surface area contributed by atoms with Gasteiger partial charge in [-0.2, -0.15) is 0 Å². The van der Waals surface area contributed by atoms with Crippen LogP contribution in [0.15, 0.2) is 4.99 Å². The molecule has 0 bridgehead atoms. The largest absolute Gasteiger partial charge is 0.365 e. The van der Waals surface area contributed by atoms with E-state index in [2.05, 4.69) is 24.2 Å². The Labute approximate surface area is 97.3 Å². The van der Waals surface area contributed by atoms with Crippen molar-refractivity contribution in [1.29, 1.82) is 0 Å². The van der Waals surface area contributed by atoms with Gasteiger partial charge < -0.3 is 5.32 Å². The third-order valence-electron chi connectivity index (χ3n) is 3.06. The van der Waals surface area contributed by atoms with Crippen molar-refractivity contribution in [3.05, 3.63) is 0 Å². The zero-order chi connectivity index (χ0) is 10.7. The van der Waals surface area contributed by atoms with E-state index in [0.717, 1.165) is 30.2 Å². The number of amidine groups is 1. The minimum Gasteiger partial charge on any atom is -0.365 e. The summed E-state index contributed by atoms with van der Waals surface area (Å²) in [4.78, 5) is 4.56. The summed E-state index contributed by atoms with van der Waals surface area (Å²) in [5.41, 5.74) is 0. The molecule has 1 saturated carbocycles. The van der Waals surface area contributed by atoms with Crippen LogP contribution in [0.2, 0.25) is 0 Å². The van der Waals surface area contributed by atoms with Crippen molar-refractivity contribution >= 4 is 16.9 Å². The van der Waals surface area contributed by atoms with Gasteiger partial charge in [0.25, 0.3) is 0 Å². The molecular weight excluding hydrogens is 204 g/mol. The van der Waals surface area contributed by atoms with Gasteiger partial charge in [-0.3, -0.25) is 4.99 Å². The van der Waals surface area contributed by atoms with Gasteiger partial charge in [0.05, 0.1) is 6.54 Å². The third kappa shape index (κ3) is 3.71. The molecule has 0 saturated heterocycles. The topological polar surface area (TPSA) is 24.4 Å². The molecule has 0 aromatic rings. The fraction of sp³-hybridized carbons (Fsp3) is 0.917. The van der Waals surface area contributed by atoms with Crippen molar-refractivity contribution in [1.82, 2.24) is 5.32 Å². The molecular formula is C12H22N2S. The molecule has 86 valence electrons. The molecule has 2 aliphatic rings. The van der Waals surface area contributed by atoms with Gasteiger partial charge in [-0.25, -0.2) is 0 Å². The van der Waals surface area contributed by atoms with Crippen molar-refractivity contribution in [3.63, 3.8) is 0 Å². The number of nitrogens with zero attached hydrogens (tertiary/aromatic N) is 1. The van der Waals surface area contributed by atoms with Crippen molar-refractivity contribution in [3.8, 4) is 0 Å². The molecule has 2 rings (SSSR count). The standard InChI is InChI=1S/C12H22N2S/c1-9(2)4-3-7-13-12-14-8-11(15-12)10-5-6-10/h9-11H,3-8H2,1-2H3,(H,13,14). The van der Waals surface area contributed by atoms with E-state index >= 15 is 0 Å². The van der Waals surface area contributed by atoms with Crippen LogP contribution in [0.25, 0.3) is 0 Å². The quantitative estimate of drug-likeness (QED) is 0.729. The Morgan fingerprint density at radius 2 is 2.27 bits per heavy atom. The van der Waals surface area contributed by atoms with Gasteiger partial charge in [0.2, 0.25) is 0 Å². The first kappa shape index (κ1) is 11.3. The van der Waals surface area contributed by atoms with Gasteiger partial charge >= 0.3 is 0 Å². The Kier molecular flexibility index (Phi) is 3.95. The minimum atomic E-state index is 0.803. The first-order chi connectivity index (χ1) is 7.25. The number of aliphatic imine (C=N–C) groups is 1. The van der Waals surface area contributed by atoms with Crippen LogP contribution in [0.5, 0.6) is 0 Å². The number of thioether (sulfide) groups is 1. The number of hydrogen-bond donors (Lipinski definition) is 1. The van der Waals surface area contributed by atoms with E-state index in [0.29, 0.717) is 0 Å². The minimum absolute atomic E-state index is 0.803. The predicted molar refractivity (Wildman–Crippen MR) is 68.5 cm³/mol. The normalized spacial score (nSPS) is 25.8. The first-order valence-electron chi connectivity index (χ1n) is 6.20. The zero-order valence-electron chi connectivity index (χ0n) is 9.83. The lowest BCUT2D eigenvalue weighted by atomic mass is 10.1. The molecule has 1 fully saturated rings. The molecule has 0 aromatic heterocycles. The van der Waals surface area contributed by atoms with Crippen LogP contribution in [-0.4, -0.2) is 23.5 Å². The molecule has 1 aliphatic carbocycles. The Morgan fingerprint density at radius 3 is 2.93 bits per heavy atom. The highest BCUT2D eigenvalue weighted by Gasteiger charge is 2.35. The molecule has 1 atom stereocenters. The maximum Gasteiger partial charge on any atom is 0.156 e. The summed E-state index contributed by atoms with van der Waals surface area (Å²) in [6, 6.07) is 0. The molecule has 0 aromatic carbocycles. The van der Waals surface area contributed by atoms with E-state index in [1.54, 1.807) is 0 Å². The molecule has 1 N–H and O–H groups in total. The van der Waals surface area contributed by atoms with Crippen LogP contribution < -0.4 is 5.32 Å². The average molecular weight is 226 g/mol. The monoisotopic (exact) mass is 226 g/mol. The van der Waals surface area contributed by atoms with Crippen molar-refractivity contribution < 1.29 is 0 Å². The second-order valence-electron chi connectivity index (χ2n) is 5.10. The molecule has 3 heteroatoms. The van der Waals surface area contributed by atoms with Gasteiger partial charge in [-0.1, -0.05) is 25.6 Å². The van der Waals surface area contributed by atoms with Crippen LogP contribution >= 0.6 is 11.8 Å². The highest BCUT2D eigenvalue weighted by atomic mass is 32.2. The van der Waals surface area contributed by atoms with Crippen LogP contribution in [0.1, 0.15) is 39.5 Å². The number of hydrogen-bond acceptors (Lipinski definition) is 3. The fourth-order valence-electron chi connectivity index (χ4n) is 1.91. The summed E-state index contributed by atoms with van der Waals surface area (Å²) < 4.78 is 0. The molecule has 15 heavy (non-hydrogen) atoms. The van der Waals surface area contributed by atoms with E-state index in [1.165, 1.54) is 30.9 Å². The number of rotatable bonds is 5. The third-order valence-corrected chi connectivity index (χ3v) is 4.39. The summed E-state index contributed by atoms with van der Waals surface area (Å²) in [5.74, 6) is 1.80. The lowest BCUT2D eigenvalue weighted by Gasteiger charge is -2.08. The smallest absolute Gasteiger partial charge is 0.156 e. The lowest BCUT2D eigenvalue weighted by molar-refractivity contribution is 0.552. The Morgan fingerprint density at radius 1 is 1.47 bits per heavy atom. The molecule has 2 nitrogen and oxygen atoms in total. The van der Waals surface area contributed by atoms with E-state index in [4.69, 9.17) is 0 Å². The second kappa shape index (κ2) is 5.24. The van der Waals surface area contributed by atoms with Crippen LogP contribution in [-0.2, 0) is 0 Å². The second-order valence-corrected chi connectivity index (χ2v) is 6.33. The predicted octanol–water partition coefficient (Wildman–Crippen LogP) is 2.89. The number of nitrogens with one attached hydrogen (secondary N) is 1. The van der Waals surface area contributed by atoms with E-state index < -0.39 is 0 Å². The highest BCUT2D eigenvalue weighted by Crippen LogP contribution is 2.41. The molecule has 1 aliphatic heterocycles. The summed E-state index contributed by atoms with van der Waals surface area (Å²) in [5, 5.41) is 5.47. The Bertz CT molecular complexity index is 234. The van der Waals surface area contributed by atoms with E-state index in [1.807, 2.05) is 11.8 Å². The van der Waals surface area contributed by atoms with Crippen molar-refractivity contribution in [2.75, 3.05) is 13.1 Å². The van der Waals surface area contributed by atoms with Crippen molar-refractivity contribution in [2.24, 2.45) is 16.8 Å². The van der Waals surface area contributed by atoms with Gasteiger partial charge in [0.1, 0.15) is 0 Å². The van der Waals surface area contributed by atoms with E-state index in [-0.39, 0.29) is 0 Å². The van der Waals surface area contributed by atoms with Crippen molar-refractivity contribution in [2.45, 2.75) is 44.8 Å². The Balaban J connectivity index is 1.56. The molecule has 0 amide bonds. The summed E-state index contributed by atoms with van der Waals surface area (Å²) in [7, 11) is 0. The van der Waals surface area contributed by atoms with Gasteiger partial charge in [0.15, 0.2) is 5.17 Å². The van der Waals surface area contributed by atoms with E-state index in [9.17, 15) is 0 Å². The van der Waals surface area contributed by atoms with Crippen LogP contribution in [0.3, 0.4) is 0 Å². The van der Waals surface area contributed by atoms with Gasteiger partial charge in [0, 0.05) is 11.8 Å². The fourth-order valence-corrected chi connectivity index (χ4v) is 3.14. The zero-order valence-corrected chi connectivity index (χ0v) is 10.6. The summed E-state index contributed by atoms with van der Waals surface area (Å²) in [6.07, 6.45) is 5.46.